The molecule has 1 N–H and O–H groups in total. The molecule has 4 aromatic rings. The van der Waals surface area contributed by atoms with E-state index in [4.69, 9.17) is 4.74 Å². The molecular formula is C20H20N8O2. The zero-order valence-electron chi connectivity index (χ0n) is 17.0. The summed E-state index contributed by atoms with van der Waals surface area (Å²) in [6.45, 7) is 7.64. The number of fused-ring (bicyclic) bond motifs is 3. The van der Waals surface area contributed by atoms with Gasteiger partial charge in [0.25, 0.3) is 5.91 Å². The van der Waals surface area contributed by atoms with Crippen LogP contribution in [-0.4, -0.2) is 40.5 Å². The Morgan fingerprint density at radius 3 is 2.63 bits per heavy atom. The van der Waals surface area contributed by atoms with E-state index in [1.165, 1.54) is 4.80 Å². The molecule has 0 aromatic carbocycles. The van der Waals surface area contributed by atoms with Crippen molar-refractivity contribution in [1.29, 1.82) is 0 Å². The van der Waals surface area contributed by atoms with Gasteiger partial charge in [0.1, 0.15) is 5.60 Å². The highest BCUT2D eigenvalue weighted by Crippen LogP contribution is 2.43. The van der Waals surface area contributed by atoms with Crippen LogP contribution in [0.4, 0.5) is 5.69 Å². The van der Waals surface area contributed by atoms with Gasteiger partial charge >= 0.3 is 0 Å². The predicted octanol–water partition coefficient (Wildman–Crippen LogP) is 2.27. The van der Waals surface area contributed by atoms with Crippen molar-refractivity contribution < 1.29 is 9.53 Å². The molecule has 1 atom stereocenters. The molecule has 0 bridgehead atoms. The fraction of sp³-hybridized carbons (Fsp3) is 0.300. The second-order valence-corrected chi connectivity index (χ2v) is 7.80. The van der Waals surface area contributed by atoms with Gasteiger partial charge < -0.3 is 10.1 Å². The molecule has 30 heavy (non-hydrogen) atoms. The van der Waals surface area contributed by atoms with Gasteiger partial charge in [0.2, 0.25) is 0 Å². The number of aromatic nitrogens is 7. The highest BCUT2D eigenvalue weighted by molar-refractivity contribution is 5.95. The van der Waals surface area contributed by atoms with Gasteiger partial charge in [-0.15, -0.1) is 4.80 Å². The first-order valence-corrected chi connectivity index (χ1v) is 9.51. The molecule has 5 rings (SSSR count). The van der Waals surface area contributed by atoms with Crippen LogP contribution in [-0.2, 0) is 15.1 Å². The van der Waals surface area contributed by atoms with Crippen LogP contribution in [0.2, 0.25) is 0 Å². The van der Waals surface area contributed by atoms with E-state index in [0.29, 0.717) is 17.1 Å². The molecule has 0 spiro atoms. The number of ether oxygens (including phenoxy) is 1. The largest absolute Gasteiger partial charge is 0.351 e. The number of amides is 1. The summed E-state index contributed by atoms with van der Waals surface area (Å²) in [6.07, 6.45) is 5.63. The third kappa shape index (κ3) is 2.84. The average molecular weight is 404 g/mol. The zero-order valence-corrected chi connectivity index (χ0v) is 17.0. The number of rotatable bonds is 3. The summed E-state index contributed by atoms with van der Waals surface area (Å²) in [5.41, 5.74) is 3.81. The van der Waals surface area contributed by atoms with E-state index in [9.17, 15) is 4.79 Å². The van der Waals surface area contributed by atoms with Crippen LogP contribution in [0.5, 0.6) is 0 Å². The van der Waals surface area contributed by atoms with Crippen LogP contribution in [0.1, 0.15) is 42.5 Å². The Morgan fingerprint density at radius 1 is 1.13 bits per heavy atom. The van der Waals surface area contributed by atoms with Gasteiger partial charge in [-0.3, -0.25) is 4.79 Å². The lowest BCUT2D eigenvalue weighted by Gasteiger charge is -2.20. The Hall–Kier alpha value is -3.66. The first-order chi connectivity index (χ1) is 14.3. The molecule has 4 aromatic heterocycles. The minimum atomic E-state index is -0.802. The van der Waals surface area contributed by atoms with Crippen molar-refractivity contribution in [2.45, 2.75) is 39.4 Å². The Kier molecular flexibility index (Phi) is 3.93. The fourth-order valence-corrected chi connectivity index (χ4v) is 3.84. The van der Waals surface area contributed by atoms with E-state index in [0.717, 1.165) is 22.6 Å². The minimum absolute atomic E-state index is 0.294. The number of pyridine rings is 1. The molecule has 0 radical (unpaired) electrons. The lowest BCUT2D eigenvalue weighted by molar-refractivity contribution is -0.135. The van der Waals surface area contributed by atoms with E-state index in [1.807, 2.05) is 39.8 Å². The molecule has 0 unspecified atom stereocenters. The van der Waals surface area contributed by atoms with Crippen LogP contribution in [0.15, 0.2) is 36.9 Å². The smallest absolute Gasteiger partial charge is 0.258 e. The molecule has 10 heteroatoms. The summed E-state index contributed by atoms with van der Waals surface area (Å²) >= 11 is 0. The van der Waals surface area contributed by atoms with Crippen LogP contribution >= 0.6 is 0 Å². The molecule has 0 fully saturated rings. The number of carbonyl (C=O) groups is 1. The lowest BCUT2D eigenvalue weighted by Crippen LogP contribution is -2.24. The summed E-state index contributed by atoms with van der Waals surface area (Å²) in [5.74, 6) is 0.306. The van der Waals surface area contributed by atoms with Gasteiger partial charge in [0.05, 0.1) is 35.7 Å². The first-order valence-electron chi connectivity index (χ1n) is 9.51. The monoisotopic (exact) mass is 404 g/mol. The molecule has 10 nitrogen and oxygen atoms in total. The molecule has 1 aliphatic rings. The van der Waals surface area contributed by atoms with Crippen molar-refractivity contribution >= 4 is 17.2 Å². The van der Waals surface area contributed by atoms with E-state index in [1.54, 1.807) is 29.3 Å². The van der Waals surface area contributed by atoms with Gasteiger partial charge in [-0.25, -0.2) is 14.5 Å². The Labute approximate surface area is 171 Å². The summed E-state index contributed by atoms with van der Waals surface area (Å²) in [7, 11) is 0. The van der Waals surface area contributed by atoms with Gasteiger partial charge in [0.15, 0.2) is 17.6 Å². The number of aryl methyl sites for hydroxylation is 2. The zero-order chi connectivity index (χ0) is 21.0. The van der Waals surface area contributed by atoms with Crippen LogP contribution in [0.25, 0.3) is 11.5 Å². The molecule has 5 heterocycles. The van der Waals surface area contributed by atoms with Crippen LogP contribution in [0.3, 0.4) is 0 Å². The van der Waals surface area contributed by atoms with Crippen molar-refractivity contribution in [3.05, 3.63) is 59.4 Å². The average Bonchev–Trinajstić information content (AvgIpc) is 3.39. The molecular weight excluding hydrogens is 384 g/mol. The summed E-state index contributed by atoms with van der Waals surface area (Å²) in [5, 5.41) is 15.6. The fourth-order valence-electron chi connectivity index (χ4n) is 3.84. The minimum Gasteiger partial charge on any atom is -0.351 e. The maximum Gasteiger partial charge on any atom is 0.258 e. The van der Waals surface area contributed by atoms with E-state index >= 15 is 0 Å². The predicted molar refractivity (Wildman–Crippen MR) is 107 cm³/mol. The van der Waals surface area contributed by atoms with Crippen LogP contribution in [0, 0.1) is 13.8 Å². The molecule has 0 aliphatic carbocycles. The third-order valence-corrected chi connectivity index (χ3v) is 5.06. The van der Waals surface area contributed by atoms with Gasteiger partial charge in [-0.05, 0) is 39.3 Å². The number of nitrogens with zero attached hydrogens (tertiary/aromatic N) is 7. The first kappa shape index (κ1) is 18.4. The number of carbonyl (C=O) groups excluding carboxylic acids is 1. The van der Waals surface area contributed by atoms with Crippen molar-refractivity contribution in [3.8, 4) is 5.82 Å². The van der Waals surface area contributed by atoms with Crippen LogP contribution < -0.4 is 5.32 Å². The van der Waals surface area contributed by atoms with Gasteiger partial charge in [0, 0.05) is 17.8 Å². The van der Waals surface area contributed by atoms with Crippen molar-refractivity contribution in [3.63, 3.8) is 0 Å². The normalized spacial score (nSPS) is 17.3. The van der Waals surface area contributed by atoms with Crippen molar-refractivity contribution in [2.75, 3.05) is 5.32 Å². The second kappa shape index (κ2) is 6.42. The third-order valence-electron chi connectivity index (χ3n) is 5.06. The summed E-state index contributed by atoms with van der Waals surface area (Å²) in [6, 6.07) is 3.72. The quantitative estimate of drug-likeness (QED) is 0.557. The number of anilines is 1. The Bertz CT molecular complexity index is 1280. The molecule has 1 aliphatic heterocycles. The number of hydrogen-bond donors (Lipinski definition) is 1. The Morgan fingerprint density at radius 2 is 1.90 bits per heavy atom. The number of hydrogen-bond acceptors (Lipinski definition) is 7. The molecule has 152 valence electrons. The van der Waals surface area contributed by atoms with E-state index in [-0.39, 0.29) is 5.91 Å². The van der Waals surface area contributed by atoms with E-state index < -0.39 is 11.7 Å². The topological polar surface area (TPSA) is 112 Å². The summed E-state index contributed by atoms with van der Waals surface area (Å²) in [4.78, 5) is 23.3. The van der Waals surface area contributed by atoms with E-state index in [2.05, 4.69) is 30.6 Å². The highest BCUT2D eigenvalue weighted by atomic mass is 16.5. The molecule has 0 saturated carbocycles. The number of nitrogens with one attached hydrogen (secondary N) is 1. The maximum absolute atomic E-state index is 13.1. The second-order valence-electron chi connectivity index (χ2n) is 7.80. The lowest BCUT2D eigenvalue weighted by atomic mass is 10.0. The van der Waals surface area contributed by atoms with Gasteiger partial charge in [-0.2, -0.15) is 15.3 Å². The standard InChI is InChI=1S/C20H20N8O2/c1-11-7-13(9-22-18(11)28-23-5-6-24-28)25-19(29)16-14-10-21-15-8-12(2)26-27(15)17(14)20(3,4)30-16/h5-10,16H,1-4H3,(H,25,29)/t16-/m0/s1. The van der Waals surface area contributed by atoms with Crippen molar-refractivity contribution in [2.24, 2.45) is 0 Å². The highest BCUT2D eigenvalue weighted by Gasteiger charge is 2.44. The summed E-state index contributed by atoms with van der Waals surface area (Å²) < 4.78 is 7.89. The van der Waals surface area contributed by atoms with Gasteiger partial charge in [-0.1, -0.05) is 0 Å². The maximum atomic E-state index is 13.1. The SMILES string of the molecule is Cc1cc2ncc3c(n2n1)C(C)(C)O[C@@H]3C(=O)Nc1cnc(-n2nccn2)c(C)c1. The molecule has 1 amide bonds. The molecule has 0 saturated heterocycles. The Balaban J connectivity index is 1.46. The van der Waals surface area contributed by atoms with Crippen molar-refractivity contribution in [1.82, 2.24) is 34.6 Å².